The number of rotatable bonds is 3. The summed E-state index contributed by atoms with van der Waals surface area (Å²) in [5.41, 5.74) is 0.939. The highest BCUT2D eigenvalue weighted by molar-refractivity contribution is 5.36. The summed E-state index contributed by atoms with van der Waals surface area (Å²) in [6.07, 6.45) is 0.888. The molecule has 0 spiro atoms. The van der Waals surface area contributed by atoms with E-state index in [0.29, 0.717) is 18.4 Å². The zero-order valence-electron chi connectivity index (χ0n) is 11.9. The highest BCUT2D eigenvalue weighted by Crippen LogP contribution is 2.32. The lowest BCUT2D eigenvalue weighted by Crippen LogP contribution is -2.32. The molecule has 0 saturated carbocycles. The van der Waals surface area contributed by atoms with Gasteiger partial charge in [-0.3, -0.25) is 4.90 Å². The van der Waals surface area contributed by atoms with E-state index < -0.39 is 0 Å². The third-order valence-electron chi connectivity index (χ3n) is 3.65. The van der Waals surface area contributed by atoms with Crippen LogP contribution >= 0.6 is 0 Å². The van der Waals surface area contributed by atoms with Crippen molar-refractivity contribution < 1.29 is 13.9 Å². The van der Waals surface area contributed by atoms with Gasteiger partial charge in [0.1, 0.15) is 11.6 Å². The SMILES string of the molecule is COc1cc(F)ccc1C1CCN(C(C)C)CCO1. The predicted molar refractivity (Wildman–Crippen MR) is 73.0 cm³/mol. The molecule has 3 nitrogen and oxygen atoms in total. The summed E-state index contributed by atoms with van der Waals surface area (Å²) >= 11 is 0. The summed E-state index contributed by atoms with van der Waals surface area (Å²) in [4.78, 5) is 2.40. The Bertz CT molecular complexity index is 423. The Morgan fingerprint density at radius 3 is 2.84 bits per heavy atom. The molecule has 19 heavy (non-hydrogen) atoms. The predicted octanol–water partition coefficient (Wildman–Crippen LogP) is 3.01. The van der Waals surface area contributed by atoms with Crippen molar-refractivity contribution in [2.75, 3.05) is 26.8 Å². The molecule has 2 rings (SSSR count). The molecule has 0 bridgehead atoms. The van der Waals surface area contributed by atoms with E-state index in [0.717, 1.165) is 25.1 Å². The van der Waals surface area contributed by atoms with Crippen molar-refractivity contribution in [3.8, 4) is 5.75 Å². The zero-order valence-corrected chi connectivity index (χ0v) is 11.9. The fraction of sp³-hybridized carbons (Fsp3) is 0.600. The van der Waals surface area contributed by atoms with Gasteiger partial charge in [-0.15, -0.1) is 0 Å². The number of halogens is 1. The van der Waals surface area contributed by atoms with Crippen LogP contribution in [-0.4, -0.2) is 37.7 Å². The molecule has 1 saturated heterocycles. The Balaban J connectivity index is 2.14. The molecule has 106 valence electrons. The molecular weight excluding hydrogens is 245 g/mol. The number of hydrogen-bond donors (Lipinski definition) is 0. The number of hydrogen-bond acceptors (Lipinski definition) is 3. The molecule has 1 aliphatic rings. The summed E-state index contributed by atoms with van der Waals surface area (Å²) in [5.74, 6) is 0.293. The standard InChI is InChI=1S/C15H22FNO2/c1-11(2)17-7-6-14(19-9-8-17)13-5-4-12(16)10-15(13)18-3/h4-5,10-11,14H,6-9H2,1-3H3. The minimum absolute atomic E-state index is 0.0145. The fourth-order valence-corrected chi connectivity index (χ4v) is 2.50. The molecule has 1 aliphatic heterocycles. The Kier molecular flexibility index (Phi) is 4.77. The van der Waals surface area contributed by atoms with Crippen LogP contribution in [0.5, 0.6) is 5.75 Å². The van der Waals surface area contributed by atoms with E-state index in [2.05, 4.69) is 18.7 Å². The van der Waals surface area contributed by atoms with Gasteiger partial charge in [-0.2, -0.15) is 0 Å². The summed E-state index contributed by atoms with van der Waals surface area (Å²) in [7, 11) is 1.56. The Hall–Kier alpha value is -1.13. The number of nitrogens with zero attached hydrogens (tertiary/aromatic N) is 1. The Labute approximate surface area is 114 Å². The maximum absolute atomic E-state index is 13.2. The van der Waals surface area contributed by atoms with Gasteiger partial charge >= 0.3 is 0 Å². The highest BCUT2D eigenvalue weighted by Gasteiger charge is 2.23. The van der Waals surface area contributed by atoms with E-state index in [4.69, 9.17) is 9.47 Å². The van der Waals surface area contributed by atoms with E-state index in [1.807, 2.05) is 0 Å². The number of benzene rings is 1. The number of methoxy groups -OCH3 is 1. The fourth-order valence-electron chi connectivity index (χ4n) is 2.50. The average molecular weight is 267 g/mol. The maximum Gasteiger partial charge on any atom is 0.127 e. The van der Waals surface area contributed by atoms with E-state index in [9.17, 15) is 4.39 Å². The second-order valence-electron chi connectivity index (χ2n) is 5.16. The number of ether oxygens (including phenoxy) is 2. The van der Waals surface area contributed by atoms with Gasteiger partial charge < -0.3 is 9.47 Å². The average Bonchev–Trinajstić information content (AvgIpc) is 2.64. The van der Waals surface area contributed by atoms with Crippen molar-refractivity contribution in [2.45, 2.75) is 32.4 Å². The third kappa shape index (κ3) is 3.45. The van der Waals surface area contributed by atoms with Crippen molar-refractivity contribution in [2.24, 2.45) is 0 Å². The van der Waals surface area contributed by atoms with Crippen LogP contribution in [0.2, 0.25) is 0 Å². The van der Waals surface area contributed by atoms with Gasteiger partial charge in [-0.25, -0.2) is 4.39 Å². The zero-order chi connectivity index (χ0) is 13.8. The van der Waals surface area contributed by atoms with Gasteiger partial charge in [0.25, 0.3) is 0 Å². The highest BCUT2D eigenvalue weighted by atomic mass is 19.1. The molecule has 1 unspecified atom stereocenters. The van der Waals surface area contributed by atoms with Gasteiger partial charge in [0.2, 0.25) is 0 Å². The van der Waals surface area contributed by atoms with Crippen LogP contribution in [0.1, 0.15) is 31.9 Å². The Morgan fingerprint density at radius 1 is 1.37 bits per heavy atom. The minimum atomic E-state index is -0.280. The Morgan fingerprint density at radius 2 is 2.16 bits per heavy atom. The topological polar surface area (TPSA) is 21.7 Å². The van der Waals surface area contributed by atoms with Crippen molar-refractivity contribution in [3.63, 3.8) is 0 Å². The molecule has 0 aliphatic carbocycles. The summed E-state index contributed by atoms with van der Waals surface area (Å²) in [5, 5.41) is 0. The lowest BCUT2D eigenvalue weighted by atomic mass is 10.0. The van der Waals surface area contributed by atoms with Gasteiger partial charge in [-0.1, -0.05) is 0 Å². The van der Waals surface area contributed by atoms with Crippen molar-refractivity contribution in [1.82, 2.24) is 4.90 Å². The van der Waals surface area contributed by atoms with Gasteiger partial charge in [0.05, 0.1) is 19.8 Å². The molecule has 0 amide bonds. The quantitative estimate of drug-likeness (QED) is 0.840. The first-order valence-corrected chi connectivity index (χ1v) is 6.81. The molecule has 1 heterocycles. The molecule has 1 atom stereocenters. The van der Waals surface area contributed by atoms with Crippen LogP contribution < -0.4 is 4.74 Å². The lowest BCUT2D eigenvalue weighted by Gasteiger charge is -2.23. The van der Waals surface area contributed by atoms with Crippen LogP contribution in [0.25, 0.3) is 0 Å². The van der Waals surface area contributed by atoms with Crippen molar-refractivity contribution >= 4 is 0 Å². The largest absolute Gasteiger partial charge is 0.496 e. The van der Waals surface area contributed by atoms with Crippen LogP contribution in [-0.2, 0) is 4.74 Å². The van der Waals surface area contributed by atoms with E-state index >= 15 is 0 Å². The van der Waals surface area contributed by atoms with Gasteiger partial charge in [0, 0.05) is 30.8 Å². The van der Waals surface area contributed by atoms with E-state index in [-0.39, 0.29) is 11.9 Å². The first-order valence-electron chi connectivity index (χ1n) is 6.81. The van der Waals surface area contributed by atoms with Crippen LogP contribution in [0, 0.1) is 5.82 Å². The summed E-state index contributed by atoms with van der Waals surface area (Å²) in [6, 6.07) is 5.18. The summed E-state index contributed by atoms with van der Waals surface area (Å²) in [6.45, 7) is 7.02. The molecule has 1 aromatic carbocycles. The maximum atomic E-state index is 13.2. The normalized spacial score (nSPS) is 21.4. The van der Waals surface area contributed by atoms with Crippen LogP contribution in [0.4, 0.5) is 4.39 Å². The first kappa shape index (κ1) is 14.3. The van der Waals surface area contributed by atoms with Gasteiger partial charge in [-0.05, 0) is 32.4 Å². The molecule has 0 radical (unpaired) electrons. The monoisotopic (exact) mass is 267 g/mol. The van der Waals surface area contributed by atoms with Crippen molar-refractivity contribution in [1.29, 1.82) is 0 Å². The van der Waals surface area contributed by atoms with E-state index in [1.165, 1.54) is 12.1 Å². The smallest absolute Gasteiger partial charge is 0.127 e. The second kappa shape index (κ2) is 6.35. The third-order valence-corrected chi connectivity index (χ3v) is 3.65. The lowest BCUT2D eigenvalue weighted by molar-refractivity contribution is 0.0590. The molecular formula is C15H22FNO2. The molecule has 0 N–H and O–H groups in total. The van der Waals surface area contributed by atoms with E-state index in [1.54, 1.807) is 13.2 Å². The van der Waals surface area contributed by atoms with Crippen LogP contribution in [0.3, 0.4) is 0 Å². The van der Waals surface area contributed by atoms with Crippen molar-refractivity contribution in [3.05, 3.63) is 29.6 Å². The molecule has 4 heteroatoms. The molecule has 1 aromatic rings. The van der Waals surface area contributed by atoms with Gasteiger partial charge in [0.15, 0.2) is 0 Å². The summed E-state index contributed by atoms with van der Waals surface area (Å²) < 4.78 is 24.4. The first-order chi connectivity index (χ1) is 9.11. The molecule has 0 aromatic heterocycles. The molecule has 1 fully saturated rings. The minimum Gasteiger partial charge on any atom is -0.496 e. The van der Waals surface area contributed by atoms with Crippen LogP contribution in [0.15, 0.2) is 18.2 Å². The second-order valence-corrected chi connectivity index (χ2v) is 5.16.